The van der Waals surface area contributed by atoms with Gasteiger partial charge in [0, 0.05) is 40.5 Å². The SMILES string of the molecule is CN(C)C=O.COC(CN(CCCN1CCCCC1)C(=O)C(C)Nc1ccc(Cl)c(Cl)c1)OC. The minimum Gasteiger partial charge on any atom is -0.374 e. The van der Waals surface area contributed by atoms with Crippen LogP contribution < -0.4 is 5.32 Å². The van der Waals surface area contributed by atoms with Crippen molar-refractivity contribution in [3.05, 3.63) is 28.2 Å². The fraction of sp³-hybridized carbons (Fsp3) is 0.667. The number of likely N-dealkylation sites (tertiary alicyclic amines) is 1. The number of anilines is 1. The number of carbonyl (C=O) groups excluding carboxylic acids is 2. The van der Waals surface area contributed by atoms with Gasteiger partial charge < -0.3 is 29.5 Å². The molecule has 1 heterocycles. The Hall–Kier alpha value is -1.58. The third-order valence-electron chi connectivity index (χ3n) is 5.44. The second-order valence-corrected chi connectivity index (χ2v) is 9.32. The van der Waals surface area contributed by atoms with Gasteiger partial charge in [-0.1, -0.05) is 29.6 Å². The summed E-state index contributed by atoms with van der Waals surface area (Å²) < 4.78 is 10.6. The third kappa shape index (κ3) is 11.7. The van der Waals surface area contributed by atoms with Gasteiger partial charge in [-0.05, 0) is 64.0 Å². The van der Waals surface area contributed by atoms with Crippen molar-refractivity contribution in [2.24, 2.45) is 0 Å². The fourth-order valence-corrected chi connectivity index (χ4v) is 3.85. The van der Waals surface area contributed by atoms with E-state index in [1.807, 2.05) is 17.9 Å². The zero-order valence-corrected chi connectivity index (χ0v) is 22.6. The van der Waals surface area contributed by atoms with Crippen LogP contribution in [0.3, 0.4) is 0 Å². The highest BCUT2D eigenvalue weighted by Crippen LogP contribution is 2.25. The summed E-state index contributed by atoms with van der Waals surface area (Å²) in [4.78, 5) is 28.3. The molecular weight excluding hydrogens is 479 g/mol. The molecule has 0 aromatic heterocycles. The third-order valence-corrected chi connectivity index (χ3v) is 6.18. The summed E-state index contributed by atoms with van der Waals surface area (Å²) >= 11 is 12.1. The van der Waals surface area contributed by atoms with E-state index in [-0.39, 0.29) is 5.91 Å². The fourth-order valence-electron chi connectivity index (χ4n) is 3.56. The van der Waals surface area contributed by atoms with Gasteiger partial charge in [0.2, 0.25) is 12.3 Å². The normalized spacial score (nSPS) is 14.7. The molecule has 0 saturated carbocycles. The predicted molar refractivity (Wildman–Crippen MR) is 139 cm³/mol. The van der Waals surface area contributed by atoms with Crippen molar-refractivity contribution < 1.29 is 19.1 Å². The van der Waals surface area contributed by atoms with Gasteiger partial charge in [-0.3, -0.25) is 9.59 Å². The number of benzene rings is 1. The largest absolute Gasteiger partial charge is 0.374 e. The molecule has 1 fully saturated rings. The number of methoxy groups -OCH3 is 2. The second-order valence-electron chi connectivity index (χ2n) is 8.51. The number of hydrogen-bond acceptors (Lipinski definition) is 6. The van der Waals surface area contributed by atoms with Crippen molar-refractivity contribution in [3.8, 4) is 0 Å². The molecule has 2 amide bonds. The molecule has 1 aliphatic heterocycles. The number of hydrogen-bond donors (Lipinski definition) is 1. The quantitative estimate of drug-likeness (QED) is 0.334. The summed E-state index contributed by atoms with van der Waals surface area (Å²) in [5, 5.41) is 4.15. The number of amides is 2. The van der Waals surface area contributed by atoms with E-state index in [2.05, 4.69) is 10.2 Å². The minimum atomic E-state index is -0.453. The lowest BCUT2D eigenvalue weighted by Crippen LogP contribution is -2.46. The molecule has 1 saturated heterocycles. The Morgan fingerprint density at radius 1 is 1.15 bits per heavy atom. The average molecular weight is 520 g/mol. The number of piperidine rings is 1. The summed E-state index contributed by atoms with van der Waals surface area (Å²) in [7, 11) is 6.55. The van der Waals surface area contributed by atoms with Gasteiger partial charge >= 0.3 is 0 Å². The van der Waals surface area contributed by atoms with Gasteiger partial charge in [0.15, 0.2) is 6.29 Å². The Labute approximate surface area is 214 Å². The molecule has 1 aromatic rings. The number of nitrogens with one attached hydrogen (secondary N) is 1. The van der Waals surface area contributed by atoms with E-state index in [4.69, 9.17) is 32.7 Å². The number of ether oxygens (including phenoxy) is 2. The van der Waals surface area contributed by atoms with Gasteiger partial charge in [-0.15, -0.1) is 0 Å². The lowest BCUT2D eigenvalue weighted by molar-refractivity contribution is -0.146. The molecule has 0 bridgehead atoms. The summed E-state index contributed by atoms with van der Waals surface area (Å²) in [6.07, 6.45) is 5.07. The van der Waals surface area contributed by atoms with E-state index < -0.39 is 12.3 Å². The lowest BCUT2D eigenvalue weighted by Gasteiger charge is -2.31. The summed E-state index contributed by atoms with van der Waals surface area (Å²) in [6.45, 7) is 6.20. The van der Waals surface area contributed by atoms with E-state index in [9.17, 15) is 9.59 Å². The van der Waals surface area contributed by atoms with E-state index in [1.54, 1.807) is 40.4 Å². The van der Waals surface area contributed by atoms with E-state index in [0.717, 1.165) is 38.2 Å². The molecule has 1 aliphatic rings. The maximum atomic E-state index is 13.1. The molecule has 1 unspecified atom stereocenters. The Balaban J connectivity index is 0.00000104. The Morgan fingerprint density at radius 2 is 1.76 bits per heavy atom. The van der Waals surface area contributed by atoms with Crippen LogP contribution >= 0.6 is 23.2 Å². The molecular formula is C24H40Cl2N4O4. The summed E-state index contributed by atoms with van der Waals surface area (Å²) in [6, 6.07) is 4.83. The van der Waals surface area contributed by atoms with Gasteiger partial charge in [-0.2, -0.15) is 0 Å². The number of carbonyl (C=O) groups is 2. The molecule has 1 atom stereocenters. The average Bonchev–Trinajstić information content (AvgIpc) is 2.84. The molecule has 194 valence electrons. The first kappa shape index (κ1) is 30.5. The van der Waals surface area contributed by atoms with Crippen LogP contribution in [0.2, 0.25) is 10.0 Å². The van der Waals surface area contributed by atoms with Crippen molar-refractivity contribution in [2.45, 2.75) is 44.9 Å². The summed E-state index contributed by atoms with van der Waals surface area (Å²) in [5.74, 6) is -0.00573. The van der Waals surface area contributed by atoms with Crippen molar-refractivity contribution >= 4 is 41.2 Å². The maximum absolute atomic E-state index is 13.1. The maximum Gasteiger partial charge on any atom is 0.244 e. The van der Waals surface area contributed by atoms with Crippen molar-refractivity contribution in [2.75, 3.05) is 66.4 Å². The molecule has 0 aliphatic carbocycles. The first-order valence-corrected chi connectivity index (χ1v) is 12.4. The zero-order valence-electron chi connectivity index (χ0n) is 21.1. The van der Waals surface area contributed by atoms with E-state index >= 15 is 0 Å². The first-order valence-electron chi connectivity index (χ1n) is 11.6. The molecule has 0 radical (unpaired) electrons. The highest BCUT2D eigenvalue weighted by Gasteiger charge is 2.24. The van der Waals surface area contributed by atoms with Crippen LogP contribution in [0.4, 0.5) is 5.69 Å². The van der Waals surface area contributed by atoms with Crippen LogP contribution in [-0.4, -0.2) is 100 Å². The van der Waals surface area contributed by atoms with Gasteiger partial charge in [-0.25, -0.2) is 0 Å². The van der Waals surface area contributed by atoms with Crippen LogP contribution in [-0.2, 0) is 19.1 Å². The van der Waals surface area contributed by atoms with E-state index in [0.29, 0.717) is 23.1 Å². The molecule has 8 nitrogen and oxygen atoms in total. The zero-order chi connectivity index (χ0) is 25.5. The van der Waals surface area contributed by atoms with Crippen molar-refractivity contribution in [3.63, 3.8) is 0 Å². The Kier molecular flexibility index (Phi) is 15.2. The molecule has 0 spiro atoms. The summed E-state index contributed by atoms with van der Waals surface area (Å²) in [5.41, 5.74) is 0.753. The number of nitrogens with zero attached hydrogens (tertiary/aromatic N) is 3. The van der Waals surface area contributed by atoms with Crippen LogP contribution in [0.15, 0.2) is 18.2 Å². The highest BCUT2D eigenvalue weighted by atomic mass is 35.5. The lowest BCUT2D eigenvalue weighted by atomic mass is 10.1. The van der Waals surface area contributed by atoms with E-state index in [1.165, 1.54) is 24.2 Å². The second kappa shape index (κ2) is 16.9. The predicted octanol–water partition coefficient (Wildman–Crippen LogP) is 3.82. The van der Waals surface area contributed by atoms with Crippen molar-refractivity contribution in [1.82, 2.24) is 14.7 Å². The molecule has 1 aromatic carbocycles. The van der Waals surface area contributed by atoms with Gasteiger partial charge in [0.05, 0.1) is 16.6 Å². The highest BCUT2D eigenvalue weighted by molar-refractivity contribution is 6.42. The number of halogens is 2. The molecule has 2 rings (SSSR count). The minimum absolute atomic E-state index is 0.00573. The Bertz CT molecular complexity index is 729. The van der Waals surface area contributed by atoms with Crippen LogP contribution in [0.1, 0.15) is 32.6 Å². The first-order chi connectivity index (χ1) is 16.2. The smallest absolute Gasteiger partial charge is 0.244 e. The van der Waals surface area contributed by atoms with Crippen molar-refractivity contribution in [1.29, 1.82) is 0 Å². The van der Waals surface area contributed by atoms with Gasteiger partial charge in [0.25, 0.3) is 0 Å². The molecule has 10 heteroatoms. The molecule has 1 N–H and O–H groups in total. The topological polar surface area (TPSA) is 74.4 Å². The van der Waals surface area contributed by atoms with Crippen LogP contribution in [0.5, 0.6) is 0 Å². The Morgan fingerprint density at radius 3 is 2.29 bits per heavy atom. The standard InChI is InChI=1S/C21H33Cl2N3O3.C3H7NO/c1-16(24-17-8-9-18(22)19(23)14-17)21(27)26(15-20(28-2)29-3)13-7-12-25-10-5-4-6-11-25;1-4(2)3-5/h8-9,14,16,20,24H,4-7,10-13,15H2,1-3H3;3H,1-2H3. The van der Waals surface area contributed by atoms with Crippen LogP contribution in [0.25, 0.3) is 0 Å². The number of rotatable bonds is 12. The monoisotopic (exact) mass is 518 g/mol. The van der Waals surface area contributed by atoms with Gasteiger partial charge in [0.1, 0.15) is 6.04 Å². The molecule has 34 heavy (non-hydrogen) atoms. The van der Waals surface area contributed by atoms with Crippen LogP contribution in [0, 0.1) is 0 Å².